The molecule has 1 nitrogen and oxygen atoms in total. The van der Waals surface area contributed by atoms with Gasteiger partial charge in [-0.25, -0.2) is 0 Å². The summed E-state index contributed by atoms with van der Waals surface area (Å²) < 4.78 is 0. The fourth-order valence-corrected chi connectivity index (χ4v) is 2.61. The first-order valence-electron chi connectivity index (χ1n) is 7.10. The lowest BCUT2D eigenvalue weighted by Crippen LogP contribution is -2.16. The van der Waals surface area contributed by atoms with Crippen LogP contribution in [0.2, 0.25) is 0 Å². The average molecular weight is 244 g/mol. The number of aryl methyl sites for hydroxylation is 1. The lowest BCUT2D eigenvalue weighted by atomic mass is 9.80. The summed E-state index contributed by atoms with van der Waals surface area (Å²) in [6.07, 6.45) is 3.99. The predicted octanol–water partition coefficient (Wildman–Crippen LogP) is 4.53. The molecule has 0 aromatic heterocycles. The molecule has 0 fully saturated rings. The van der Waals surface area contributed by atoms with Gasteiger partial charge in [-0.05, 0) is 47.8 Å². The molecule has 0 saturated heterocycles. The highest BCUT2D eigenvalue weighted by atomic mass is 16.1. The fourth-order valence-electron chi connectivity index (χ4n) is 2.61. The second-order valence-electron chi connectivity index (χ2n) is 6.38. The van der Waals surface area contributed by atoms with Crippen LogP contribution in [0.1, 0.15) is 68.4 Å². The van der Waals surface area contributed by atoms with Crippen LogP contribution >= 0.6 is 0 Å². The van der Waals surface area contributed by atoms with Gasteiger partial charge in [0.2, 0.25) is 0 Å². The minimum Gasteiger partial charge on any atom is -0.294 e. The molecule has 1 heteroatoms. The first-order chi connectivity index (χ1) is 8.44. The summed E-state index contributed by atoms with van der Waals surface area (Å²) in [5.41, 5.74) is 3.69. The molecular weight excluding hydrogens is 220 g/mol. The molecule has 0 spiro atoms. The van der Waals surface area contributed by atoms with Crippen molar-refractivity contribution >= 4 is 5.78 Å². The zero-order chi connectivity index (χ0) is 13.3. The van der Waals surface area contributed by atoms with Gasteiger partial charge in [-0.15, -0.1) is 0 Å². The average Bonchev–Trinajstić information content (AvgIpc) is 2.48. The zero-order valence-corrected chi connectivity index (χ0v) is 12.0. The topological polar surface area (TPSA) is 17.1 Å². The van der Waals surface area contributed by atoms with Gasteiger partial charge in [-0.3, -0.25) is 4.79 Å². The molecule has 1 aliphatic rings. The summed E-state index contributed by atoms with van der Waals surface area (Å²) in [7, 11) is 0. The Kier molecular flexibility index (Phi) is 3.61. The predicted molar refractivity (Wildman–Crippen MR) is 76.2 cm³/mol. The van der Waals surface area contributed by atoms with E-state index >= 15 is 0 Å². The highest BCUT2D eigenvalue weighted by Crippen LogP contribution is 2.31. The van der Waals surface area contributed by atoms with Crippen LogP contribution in [0.15, 0.2) is 18.2 Å². The van der Waals surface area contributed by atoms with Crippen LogP contribution in [0.4, 0.5) is 0 Å². The Bertz CT molecular complexity index is 457. The van der Waals surface area contributed by atoms with E-state index in [1.54, 1.807) is 0 Å². The molecule has 1 atom stereocenters. The number of hydrogen-bond donors (Lipinski definition) is 0. The maximum atomic E-state index is 12.3. The lowest BCUT2D eigenvalue weighted by Gasteiger charge is -2.24. The maximum Gasteiger partial charge on any atom is 0.163 e. The molecule has 1 unspecified atom stereocenters. The maximum absolute atomic E-state index is 12.3. The molecule has 0 aliphatic heterocycles. The number of carbonyl (C=O) groups is 1. The molecule has 0 N–H and O–H groups in total. The van der Waals surface area contributed by atoms with Crippen molar-refractivity contribution in [3.63, 3.8) is 0 Å². The van der Waals surface area contributed by atoms with E-state index in [0.29, 0.717) is 18.1 Å². The van der Waals surface area contributed by atoms with Crippen molar-refractivity contribution in [2.75, 3.05) is 0 Å². The Morgan fingerprint density at radius 1 is 1.33 bits per heavy atom. The van der Waals surface area contributed by atoms with Crippen molar-refractivity contribution in [1.82, 2.24) is 0 Å². The van der Waals surface area contributed by atoms with E-state index in [1.807, 2.05) is 0 Å². The van der Waals surface area contributed by atoms with E-state index in [2.05, 4.69) is 45.9 Å². The van der Waals surface area contributed by atoms with Gasteiger partial charge in [0, 0.05) is 12.0 Å². The van der Waals surface area contributed by atoms with Gasteiger partial charge in [-0.1, -0.05) is 39.8 Å². The minimum absolute atomic E-state index is 0.160. The van der Waals surface area contributed by atoms with Crippen molar-refractivity contribution in [3.8, 4) is 0 Å². The summed E-state index contributed by atoms with van der Waals surface area (Å²) in [6.45, 7) is 8.88. The van der Waals surface area contributed by atoms with Crippen LogP contribution in [-0.4, -0.2) is 5.78 Å². The number of rotatable bonds is 2. The minimum atomic E-state index is 0.160. The third-order valence-corrected chi connectivity index (χ3v) is 4.52. The molecule has 1 aliphatic carbocycles. The van der Waals surface area contributed by atoms with Crippen molar-refractivity contribution in [3.05, 3.63) is 34.9 Å². The van der Waals surface area contributed by atoms with E-state index in [0.717, 1.165) is 24.8 Å². The van der Waals surface area contributed by atoms with Gasteiger partial charge < -0.3 is 0 Å². The van der Waals surface area contributed by atoms with Crippen LogP contribution in [0, 0.1) is 5.92 Å². The van der Waals surface area contributed by atoms with Crippen LogP contribution in [0.3, 0.4) is 0 Å². The lowest BCUT2D eigenvalue weighted by molar-refractivity contribution is 0.0967. The van der Waals surface area contributed by atoms with Crippen molar-refractivity contribution in [2.45, 2.75) is 58.8 Å². The number of ketones is 1. The monoisotopic (exact) mass is 244 g/mol. The SMILES string of the molecule is CCC(C)(C)c1ccc2c(c1)C(=O)CC(C)CC2. The van der Waals surface area contributed by atoms with Gasteiger partial charge >= 0.3 is 0 Å². The van der Waals surface area contributed by atoms with Crippen molar-refractivity contribution < 1.29 is 4.79 Å². The Morgan fingerprint density at radius 2 is 2.06 bits per heavy atom. The quantitative estimate of drug-likeness (QED) is 0.699. The Hall–Kier alpha value is -1.11. The van der Waals surface area contributed by atoms with Crippen molar-refractivity contribution in [1.29, 1.82) is 0 Å². The second kappa shape index (κ2) is 4.87. The van der Waals surface area contributed by atoms with Crippen LogP contribution in [-0.2, 0) is 11.8 Å². The molecule has 18 heavy (non-hydrogen) atoms. The van der Waals surface area contributed by atoms with Gasteiger partial charge in [-0.2, -0.15) is 0 Å². The molecule has 98 valence electrons. The summed E-state index contributed by atoms with van der Waals surface area (Å²) in [6, 6.07) is 6.54. The van der Waals surface area contributed by atoms with Crippen LogP contribution in [0.5, 0.6) is 0 Å². The molecule has 0 saturated carbocycles. The number of carbonyl (C=O) groups excluding carboxylic acids is 1. The highest BCUT2D eigenvalue weighted by Gasteiger charge is 2.24. The first kappa shape index (κ1) is 13.3. The normalized spacial score (nSPS) is 20.4. The smallest absolute Gasteiger partial charge is 0.163 e. The van der Waals surface area contributed by atoms with Gasteiger partial charge in [0.15, 0.2) is 5.78 Å². The Labute approximate surface area is 111 Å². The Morgan fingerprint density at radius 3 is 2.72 bits per heavy atom. The number of Topliss-reactive ketones (excluding diaryl/α,β-unsaturated/α-hetero) is 1. The van der Waals surface area contributed by atoms with Gasteiger partial charge in [0.25, 0.3) is 0 Å². The molecule has 0 amide bonds. The molecule has 1 aromatic rings. The summed E-state index contributed by atoms with van der Waals surface area (Å²) in [4.78, 5) is 12.3. The molecular formula is C17H24O. The fraction of sp³-hybridized carbons (Fsp3) is 0.588. The molecule has 2 rings (SSSR count). The van der Waals surface area contributed by atoms with Gasteiger partial charge in [0.05, 0.1) is 0 Å². The molecule has 0 bridgehead atoms. The van der Waals surface area contributed by atoms with Crippen LogP contribution in [0.25, 0.3) is 0 Å². The highest BCUT2D eigenvalue weighted by molar-refractivity contribution is 5.98. The Balaban J connectivity index is 2.43. The number of benzene rings is 1. The first-order valence-corrected chi connectivity index (χ1v) is 7.10. The molecule has 0 heterocycles. The van der Waals surface area contributed by atoms with E-state index in [1.165, 1.54) is 11.1 Å². The molecule has 0 radical (unpaired) electrons. The standard InChI is InChI=1S/C17H24O/c1-5-17(3,4)14-9-8-13-7-6-12(2)10-16(18)15(13)11-14/h8-9,11-12H,5-7,10H2,1-4H3. The zero-order valence-electron chi connectivity index (χ0n) is 12.0. The molecule has 1 aromatic carbocycles. The number of fused-ring (bicyclic) bond motifs is 1. The summed E-state index contributed by atoms with van der Waals surface area (Å²) in [5.74, 6) is 0.858. The van der Waals surface area contributed by atoms with E-state index in [9.17, 15) is 4.79 Å². The second-order valence-corrected chi connectivity index (χ2v) is 6.38. The van der Waals surface area contributed by atoms with Crippen molar-refractivity contribution in [2.24, 2.45) is 5.92 Å². The van der Waals surface area contributed by atoms with Gasteiger partial charge in [0.1, 0.15) is 0 Å². The number of hydrogen-bond acceptors (Lipinski definition) is 1. The third kappa shape index (κ3) is 2.50. The van der Waals surface area contributed by atoms with E-state index in [-0.39, 0.29) is 5.41 Å². The summed E-state index contributed by atoms with van der Waals surface area (Å²) >= 11 is 0. The van der Waals surface area contributed by atoms with E-state index < -0.39 is 0 Å². The summed E-state index contributed by atoms with van der Waals surface area (Å²) in [5, 5.41) is 0. The third-order valence-electron chi connectivity index (χ3n) is 4.52. The van der Waals surface area contributed by atoms with Crippen LogP contribution < -0.4 is 0 Å². The van der Waals surface area contributed by atoms with E-state index in [4.69, 9.17) is 0 Å². The largest absolute Gasteiger partial charge is 0.294 e.